The van der Waals surface area contributed by atoms with Crippen molar-refractivity contribution < 1.29 is 27.5 Å². The van der Waals surface area contributed by atoms with Gasteiger partial charge < -0.3 is 19.7 Å². The van der Waals surface area contributed by atoms with E-state index in [2.05, 4.69) is 5.32 Å². The van der Waals surface area contributed by atoms with Crippen molar-refractivity contribution in [2.45, 2.75) is 58.2 Å². The third-order valence-corrected chi connectivity index (χ3v) is 7.94. The van der Waals surface area contributed by atoms with Crippen LogP contribution in [0.25, 0.3) is 0 Å². The number of hydrogen-bond acceptors (Lipinski definition) is 6. The first-order valence-corrected chi connectivity index (χ1v) is 16.1. The molecule has 232 valence electrons. The second-order valence-electron chi connectivity index (χ2n) is 11.5. The Balaban J connectivity index is 1.92. The van der Waals surface area contributed by atoms with Gasteiger partial charge in [-0.05, 0) is 62.6 Å². The van der Waals surface area contributed by atoms with E-state index in [1.807, 2.05) is 75.4 Å². The molecule has 3 aromatic rings. The standard InChI is InChI=1S/C33H43N3O6S/c1-33(2,3)34-32(38)30(22-25-13-8-7-9-14-25)35(24-26-15-10-17-28(21-26)41-4)31(37)19-12-20-36(43(6,39)40)27-16-11-18-29(23-27)42-5/h7-11,13-18,21,23,30H,12,19-20,22,24H2,1-6H3,(H,34,38)/t30-/m0/s1. The number of amides is 2. The summed E-state index contributed by atoms with van der Waals surface area (Å²) in [6.07, 6.45) is 1.73. The predicted molar refractivity (Wildman–Crippen MR) is 170 cm³/mol. The third kappa shape index (κ3) is 10.3. The normalized spacial score (nSPS) is 12.2. The van der Waals surface area contributed by atoms with Gasteiger partial charge in [0.25, 0.3) is 0 Å². The molecule has 0 saturated heterocycles. The monoisotopic (exact) mass is 609 g/mol. The molecule has 43 heavy (non-hydrogen) atoms. The van der Waals surface area contributed by atoms with Crippen molar-refractivity contribution in [3.63, 3.8) is 0 Å². The lowest BCUT2D eigenvalue weighted by atomic mass is 10.00. The summed E-state index contributed by atoms with van der Waals surface area (Å²) in [5.74, 6) is 0.652. The molecule has 0 aliphatic carbocycles. The number of nitrogens with one attached hydrogen (secondary N) is 1. The molecular formula is C33H43N3O6S. The minimum absolute atomic E-state index is 0.0358. The number of sulfonamides is 1. The number of benzene rings is 3. The molecule has 9 nitrogen and oxygen atoms in total. The summed E-state index contributed by atoms with van der Waals surface area (Å²) in [6, 6.07) is 23.0. The Kier molecular flexibility index (Phi) is 11.6. The Morgan fingerprint density at radius 2 is 1.47 bits per heavy atom. The largest absolute Gasteiger partial charge is 0.497 e. The van der Waals surface area contributed by atoms with E-state index in [-0.39, 0.29) is 37.7 Å². The Labute approximate surface area is 255 Å². The van der Waals surface area contributed by atoms with Gasteiger partial charge in [0, 0.05) is 37.5 Å². The lowest BCUT2D eigenvalue weighted by Gasteiger charge is -2.34. The van der Waals surface area contributed by atoms with Crippen molar-refractivity contribution in [3.05, 3.63) is 90.0 Å². The van der Waals surface area contributed by atoms with E-state index in [4.69, 9.17) is 9.47 Å². The lowest BCUT2D eigenvalue weighted by Crippen LogP contribution is -2.54. The molecule has 0 fully saturated rings. The second-order valence-corrected chi connectivity index (χ2v) is 13.4. The molecule has 0 aromatic heterocycles. The highest BCUT2D eigenvalue weighted by Crippen LogP contribution is 2.24. The highest BCUT2D eigenvalue weighted by Gasteiger charge is 2.32. The van der Waals surface area contributed by atoms with Gasteiger partial charge in [-0.15, -0.1) is 0 Å². The fraction of sp³-hybridized carbons (Fsp3) is 0.394. The lowest BCUT2D eigenvalue weighted by molar-refractivity contribution is -0.142. The van der Waals surface area contributed by atoms with E-state index in [1.165, 1.54) is 11.4 Å². The molecular weight excluding hydrogens is 566 g/mol. The quantitative estimate of drug-likeness (QED) is 0.282. The maximum atomic E-state index is 14.0. The first-order chi connectivity index (χ1) is 20.3. The predicted octanol–water partition coefficient (Wildman–Crippen LogP) is 4.80. The van der Waals surface area contributed by atoms with Crippen molar-refractivity contribution in [1.29, 1.82) is 0 Å². The maximum Gasteiger partial charge on any atom is 0.243 e. The van der Waals surface area contributed by atoms with Crippen LogP contribution in [0.4, 0.5) is 5.69 Å². The number of carbonyl (C=O) groups is 2. The molecule has 0 aliphatic rings. The van der Waals surface area contributed by atoms with Crippen LogP contribution in [-0.4, -0.2) is 63.7 Å². The summed E-state index contributed by atoms with van der Waals surface area (Å²) in [4.78, 5) is 29.3. The maximum absolute atomic E-state index is 14.0. The summed E-state index contributed by atoms with van der Waals surface area (Å²) in [5, 5.41) is 3.05. The van der Waals surface area contributed by atoms with Crippen LogP contribution in [0.5, 0.6) is 11.5 Å². The Hall–Kier alpha value is -4.05. The first kappa shape index (κ1) is 33.5. The van der Waals surface area contributed by atoms with Crippen LogP contribution in [0, 0.1) is 0 Å². The summed E-state index contributed by atoms with van der Waals surface area (Å²) in [5.41, 5.74) is 1.67. The van der Waals surface area contributed by atoms with Crippen LogP contribution in [0.15, 0.2) is 78.9 Å². The third-order valence-electron chi connectivity index (χ3n) is 6.75. The van der Waals surface area contributed by atoms with Gasteiger partial charge in [0.05, 0.1) is 26.2 Å². The zero-order valence-electron chi connectivity index (χ0n) is 25.9. The van der Waals surface area contributed by atoms with Crippen LogP contribution in [0.3, 0.4) is 0 Å². The number of rotatable bonds is 14. The van der Waals surface area contributed by atoms with Gasteiger partial charge in [-0.1, -0.05) is 48.5 Å². The molecule has 0 bridgehead atoms. The molecule has 0 spiro atoms. The van der Waals surface area contributed by atoms with Crippen LogP contribution in [0.1, 0.15) is 44.7 Å². The van der Waals surface area contributed by atoms with Gasteiger partial charge in [-0.25, -0.2) is 8.42 Å². The van der Waals surface area contributed by atoms with Crippen molar-refractivity contribution in [2.75, 3.05) is 31.3 Å². The summed E-state index contributed by atoms with van der Waals surface area (Å²) < 4.78 is 37.3. The highest BCUT2D eigenvalue weighted by atomic mass is 32.2. The van der Waals surface area contributed by atoms with Crippen LogP contribution in [-0.2, 0) is 32.6 Å². The van der Waals surface area contributed by atoms with E-state index in [0.717, 1.165) is 17.4 Å². The molecule has 3 aromatic carbocycles. The fourth-order valence-corrected chi connectivity index (χ4v) is 5.70. The summed E-state index contributed by atoms with van der Waals surface area (Å²) in [7, 11) is -0.542. The van der Waals surface area contributed by atoms with Gasteiger partial charge >= 0.3 is 0 Å². The zero-order chi connectivity index (χ0) is 31.6. The van der Waals surface area contributed by atoms with Crippen molar-refractivity contribution >= 4 is 27.5 Å². The smallest absolute Gasteiger partial charge is 0.243 e. The Bertz CT molecular complexity index is 1470. The number of anilines is 1. The molecule has 3 rings (SSSR count). The van der Waals surface area contributed by atoms with E-state index in [0.29, 0.717) is 23.6 Å². The molecule has 0 radical (unpaired) electrons. The summed E-state index contributed by atoms with van der Waals surface area (Å²) in [6.45, 7) is 5.96. The topological polar surface area (TPSA) is 105 Å². The minimum Gasteiger partial charge on any atom is -0.497 e. The highest BCUT2D eigenvalue weighted by molar-refractivity contribution is 7.92. The molecule has 1 atom stereocenters. The fourth-order valence-electron chi connectivity index (χ4n) is 4.74. The second kappa shape index (κ2) is 14.9. The number of nitrogens with zero attached hydrogens (tertiary/aromatic N) is 2. The van der Waals surface area contributed by atoms with E-state index < -0.39 is 21.6 Å². The van der Waals surface area contributed by atoms with Gasteiger partial charge in [0.1, 0.15) is 17.5 Å². The van der Waals surface area contributed by atoms with Gasteiger partial charge in [0.15, 0.2) is 0 Å². The average Bonchev–Trinajstić information content (AvgIpc) is 2.96. The van der Waals surface area contributed by atoms with Crippen molar-refractivity contribution in [1.82, 2.24) is 10.2 Å². The molecule has 0 heterocycles. The average molecular weight is 610 g/mol. The van der Waals surface area contributed by atoms with Crippen LogP contribution < -0.4 is 19.1 Å². The first-order valence-electron chi connectivity index (χ1n) is 14.2. The number of carbonyl (C=O) groups excluding carboxylic acids is 2. The van der Waals surface area contributed by atoms with E-state index in [1.54, 1.807) is 36.3 Å². The summed E-state index contributed by atoms with van der Waals surface area (Å²) >= 11 is 0. The van der Waals surface area contributed by atoms with E-state index >= 15 is 0 Å². The van der Waals surface area contributed by atoms with Crippen LogP contribution >= 0.6 is 0 Å². The molecule has 10 heteroatoms. The van der Waals surface area contributed by atoms with Gasteiger partial charge in [-0.2, -0.15) is 0 Å². The van der Waals surface area contributed by atoms with Gasteiger partial charge in [-0.3, -0.25) is 13.9 Å². The SMILES string of the molecule is COc1cccc(CN(C(=O)CCCN(c2cccc(OC)c2)S(C)(=O)=O)[C@@H](Cc2ccccc2)C(=O)NC(C)(C)C)c1. The number of hydrogen-bond donors (Lipinski definition) is 1. The van der Waals surface area contributed by atoms with Crippen molar-refractivity contribution in [2.24, 2.45) is 0 Å². The number of ether oxygens (including phenoxy) is 2. The number of methoxy groups -OCH3 is 2. The molecule has 1 N–H and O–H groups in total. The van der Waals surface area contributed by atoms with Gasteiger partial charge in [0.2, 0.25) is 21.8 Å². The Morgan fingerprint density at radius 1 is 0.860 bits per heavy atom. The molecule has 0 aliphatic heterocycles. The van der Waals surface area contributed by atoms with E-state index in [9.17, 15) is 18.0 Å². The molecule has 0 saturated carbocycles. The van der Waals surface area contributed by atoms with Crippen LogP contribution in [0.2, 0.25) is 0 Å². The molecule has 2 amide bonds. The zero-order valence-corrected chi connectivity index (χ0v) is 26.7. The Morgan fingerprint density at radius 3 is 2.07 bits per heavy atom. The minimum atomic E-state index is -3.63. The molecule has 0 unspecified atom stereocenters. The van der Waals surface area contributed by atoms with Crippen molar-refractivity contribution in [3.8, 4) is 11.5 Å².